The number of likely N-dealkylation sites (N-methyl/N-ethyl adjacent to an activating group) is 1. The minimum absolute atomic E-state index is 0.0244. The fraction of sp³-hybridized carbons (Fsp3) is 0.217. The highest BCUT2D eigenvalue weighted by molar-refractivity contribution is 7.08. The predicted octanol–water partition coefficient (Wildman–Crippen LogP) is 2.89. The molecule has 36 heavy (non-hydrogen) atoms. The number of aromatic nitrogens is 4. The lowest BCUT2D eigenvalue weighted by Crippen LogP contribution is -2.32. The minimum Gasteiger partial charge on any atom is -0.347 e. The molecule has 13 heteroatoms. The average molecular weight is 532 g/mol. The molecule has 0 radical (unpaired) electrons. The Morgan fingerprint density at radius 2 is 2.00 bits per heavy atom. The monoisotopic (exact) mass is 531 g/mol. The van der Waals surface area contributed by atoms with Crippen LogP contribution in [0.2, 0.25) is 5.02 Å². The molecule has 10 nitrogen and oxygen atoms in total. The summed E-state index contributed by atoms with van der Waals surface area (Å²) in [6, 6.07) is 6.86. The lowest BCUT2D eigenvalue weighted by Gasteiger charge is -2.15. The fourth-order valence-corrected chi connectivity index (χ4v) is 3.87. The van der Waals surface area contributed by atoms with Gasteiger partial charge in [0.25, 0.3) is 11.7 Å². The Bertz CT molecular complexity index is 1390. The third kappa shape index (κ3) is 6.47. The van der Waals surface area contributed by atoms with Gasteiger partial charge >= 0.3 is 0 Å². The van der Waals surface area contributed by atoms with Gasteiger partial charge in [-0.2, -0.15) is 25.9 Å². The van der Waals surface area contributed by atoms with Gasteiger partial charge in [0.2, 0.25) is 5.91 Å². The summed E-state index contributed by atoms with van der Waals surface area (Å²) < 4.78 is 14.4. The van der Waals surface area contributed by atoms with E-state index >= 15 is 0 Å². The number of halogens is 2. The number of carbonyl (C=O) groups excluding carboxylic acids is 3. The Balaban J connectivity index is 0.000000253. The van der Waals surface area contributed by atoms with Crippen molar-refractivity contribution in [2.45, 2.75) is 19.5 Å². The average Bonchev–Trinajstić information content (AvgIpc) is 3.55. The smallest absolute Gasteiger partial charge is 0.270 e. The molecule has 4 rings (SSSR count). The summed E-state index contributed by atoms with van der Waals surface area (Å²) >= 11 is 7.25. The summed E-state index contributed by atoms with van der Waals surface area (Å²) in [6.07, 6.45) is 1.25. The van der Waals surface area contributed by atoms with Crippen molar-refractivity contribution in [3.63, 3.8) is 0 Å². The van der Waals surface area contributed by atoms with Crippen LogP contribution in [0.25, 0.3) is 5.78 Å². The Labute approximate surface area is 214 Å². The zero-order valence-corrected chi connectivity index (χ0v) is 21.2. The number of nitrogens with zero attached hydrogens (tertiary/aromatic N) is 5. The number of ketones is 1. The molecule has 3 aromatic heterocycles. The first kappa shape index (κ1) is 26.9. The van der Waals surface area contributed by atoms with E-state index in [0.717, 1.165) is 5.56 Å². The first-order chi connectivity index (χ1) is 17.1. The maximum absolute atomic E-state index is 13.1. The molecular weight excluding hydrogens is 509 g/mol. The van der Waals surface area contributed by atoms with E-state index in [2.05, 4.69) is 20.4 Å². The highest BCUT2D eigenvalue weighted by Gasteiger charge is 2.17. The van der Waals surface area contributed by atoms with E-state index < -0.39 is 17.8 Å². The van der Waals surface area contributed by atoms with E-state index in [9.17, 15) is 18.8 Å². The molecule has 3 heterocycles. The van der Waals surface area contributed by atoms with Crippen molar-refractivity contribution in [2.24, 2.45) is 5.73 Å². The topological polar surface area (TPSA) is 136 Å². The van der Waals surface area contributed by atoms with Crippen molar-refractivity contribution in [3.05, 3.63) is 80.8 Å². The molecule has 0 saturated heterocycles. The van der Waals surface area contributed by atoms with Crippen LogP contribution in [-0.4, -0.2) is 56.2 Å². The van der Waals surface area contributed by atoms with Crippen LogP contribution in [0.1, 0.15) is 45.1 Å². The van der Waals surface area contributed by atoms with E-state index in [1.54, 1.807) is 25.4 Å². The van der Waals surface area contributed by atoms with Crippen molar-refractivity contribution >= 4 is 46.3 Å². The van der Waals surface area contributed by atoms with E-state index in [4.69, 9.17) is 17.3 Å². The van der Waals surface area contributed by atoms with Crippen molar-refractivity contribution in [3.8, 4) is 0 Å². The van der Waals surface area contributed by atoms with Crippen LogP contribution in [0.4, 0.5) is 4.39 Å². The quantitative estimate of drug-likeness (QED) is 0.365. The van der Waals surface area contributed by atoms with Gasteiger partial charge in [0.05, 0.1) is 5.02 Å². The molecule has 2 amide bonds. The normalized spacial score (nSPS) is 11.4. The maximum Gasteiger partial charge on any atom is 0.270 e. The van der Waals surface area contributed by atoms with Crippen LogP contribution in [0.15, 0.2) is 47.4 Å². The number of benzene rings is 1. The van der Waals surface area contributed by atoms with Crippen molar-refractivity contribution in [1.29, 1.82) is 0 Å². The van der Waals surface area contributed by atoms with Crippen LogP contribution >= 0.6 is 22.9 Å². The van der Waals surface area contributed by atoms with Gasteiger partial charge in [-0.05, 0) is 46.2 Å². The third-order valence-corrected chi connectivity index (χ3v) is 5.88. The first-order valence-corrected chi connectivity index (χ1v) is 11.8. The summed E-state index contributed by atoms with van der Waals surface area (Å²) in [6.45, 7) is 1.49. The van der Waals surface area contributed by atoms with Gasteiger partial charge in [-0.15, -0.1) is 0 Å². The molecule has 1 atom stereocenters. The number of thiophene rings is 1. The molecule has 0 bridgehead atoms. The van der Waals surface area contributed by atoms with E-state index in [1.165, 1.54) is 46.9 Å². The first-order valence-electron chi connectivity index (χ1n) is 10.5. The molecule has 1 aromatic carbocycles. The number of rotatable bonds is 6. The Morgan fingerprint density at radius 1 is 1.25 bits per heavy atom. The second-order valence-corrected chi connectivity index (χ2v) is 8.94. The SMILES string of the molecule is CC(=O)c1cc(C(=O)NCc2ccc(F)c(Cl)c2)nc2ncnn12.CN(C)C(=O)[C@H](N)c1ccsc1. The predicted molar refractivity (Wildman–Crippen MR) is 133 cm³/mol. The summed E-state index contributed by atoms with van der Waals surface area (Å²) in [7, 11) is 3.41. The second-order valence-electron chi connectivity index (χ2n) is 7.75. The van der Waals surface area contributed by atoms with Crippen molar-refractivity contribution in [2.75, 3.05) is 14.1 Å². The number of fused-ring (bicyclic) bond motifs is 1. The molecular formula is C23H23ClFN7O3S. The van der Waals surface area contributed by atoms with E-state index in [1.807, 2.05) is 16.8 Å². The number of amides is 2. The number of Topliss-reactive ketones (excluding diaryl/α,β-unsaturated/α-hetero) is 1. The number of hydrogen-bond donors (Lipinski definition) is 2. The van der Waals surface area contributed by atoms with Gasteiger partial charge in [0, 0.05) is 27.6 Å². The number of hydrogen-bond acceptors (Lipinski definition) is 8. The molecule has 0 spiro atoms. The van der Waals surface area contributed by atoms with Crippen LogP contribution in [0.5, 0.6) is 0 Å². The van der Waals surface area contributed by atoms with Crippen molar-refractivity contribution < 1.29 is 18.8 Å². The highest BCUT2D eigenvalue weighted by atomic mass is 35.5. The second kappa shape index (κ2) is 11.8. The largest absolute Gasteiger partial charge is 0.347 e. The number of nitrogens with one attached hydrogen (secondary N) is 1. The van der Waals surface area contributed by atoms with E-state index in [0.29, 0.717) is 5.56 Å². The molecule has 0 fully saturated rings. The van der Waals surface area contributed by atoms with Gasteiger partial charge in [0.15, 0.2) is 5.78 Å². The zero-order chi connectivity index (χ0) is 26.4. The van der Waals surface area contributed by atoms with Gasteiger partial charge in [0.1, 0.15) is 29.6 Å². The molecule has 0 aliphatic carbocycles. The lowest BCUT2D eigenvalue weighted by atomic mass is 10.1. The van der Waals surface area contributed by atoms with Gasteiger partial charge in [-0.1, -0.05) is 17.7 Å². The molecule has 3 N–H and O–H groups in total. The van der Waals surface area contributed by atoms with Gasteiger partial charge in [-0.25, -0.2) is 9.37 Å². The van der Waals surface area contributed by atoms with Crippen LogP contribution in [-0.2, 0) is 11.3 Å². The molecule has 4 aromatic rings. The Kier molecular flexibility index (Phi) is 8.80. The van der Waals surface area contributed by atoms with Crippen LogP contribution < -0.4 is 11.1 Å². The minimum atomic E-state index is -0.531. The summed E-state index contributed by atoms with van der Waals surface area (Å²) in [4.78, 5) is 44.7. The van der Waals surface area contributed by atoms with Gasteiger partial charge in [-0.3, -0.25) is 14.4 Å². The number of carbonyl (C=O) groups is 3. The summed E-state index contributed by atoms with van der Waals surface area (Å²) in [5.74, 6) is -1.21. The standard InChI is InChI=1S/C15H11ClFN5O2.C8H12N2OS/c1-8(23)13-5-12(21-15-19-7-20-22(13)15)14(24)18-6-9-2-3-11(17)10(16)4-9;1-10(2)8(11)7(9)6-3-4-12-5-6/h2-5,7H,6H2,1H3,(H,18,24);3-5,7H,9H2,1-2H3/t;7-/m.1/s1. The van der Waals surface area contributed by atoms with Gasteiger partial charge < -0.3 is 16.0 Å². The zero-order valence-electron chi connectivity index (χ0n) is 19.6. The molecule has 0 aliphatic rings. The van der Waals surface area contributed by atoms with Crippen LogP contribution in [0, 0.1) is 5.82 Å². The Hall–Kier alpha value is -3.74. The van der Waals surface area contributed by atoms with E-state index in [-0.39, 0.29) is 40.4 Å². The maximum atomic E-state index is 13.1. The molecule has 0 unspecified atom stereocenters. The lowest BCUT2D eigenvalue weighted by molar-refractivity contribution is -0.130. The Morgan fingerprint density at radius 3 is 2.61 bits per heavy atom. The molecule has 188 valence electrons. The number of nitrogens with two attached hydrogens (primary N) is 1. The summed E-state index contributed by atoms with van der Waals surface area (Å²) in [5, 5.41) is 10.3. The highest BCUT2D eigenvalue weighted by Crippen LogP contribution is 2.16. The molecule has 0 saturated carbocycles. The van der Waals surface area contributed by atoms with Crippen molar-refractivity contribution in [1.82, 2.24) is 29.8 Å². The third-order valence-electron chi connectivity index (χ3n) is 4.89. The molecule has 0 aliphatic heterocycles. The summed E-state index contributed by atoms with van der Waals surface area (Å²) in [5.41, 5.74) is 7.45. The van der Waals surface area contributed by atoms with Crippen LogP contribution in [0.3, 0.4) is 0 Å². The fourth-order valence-electron chi connectivity index (χ4n) is 2.97.